The molecule has 0 bridgehead atoms. The van der Waals surface area contributed by atoms with Gasteiger partial charge in [-0.25, -0.2) is 0 Å². The van der Waals surface area contributed by atoms with Crippen LogP contribution in [-0.2, 0) is 16.0 Å². The van der Waals surface area contributed by atoms with E-state index in [-0.39, 0.29) is 12.8 Å². The first kappa shape index (κ1) is 14.7. The fraction of sp³-hybridized carbons (Fsp3) is 0.500. The Morgan fingerprint density at radius 3 is 2.50 bits per heavy atom. The summed E-state index contributed by atoms with van der Waals surface area (Å²) in [6.45, 7) is 0. The van der Waals surface area contributed by atoms with E-state index >= 15 is 0 Å². The van der Waals surface area contributed by atoms with Crippen molar-refractivity contribution in [3.63, 3.8) is 0 Å². The van der Waals surface area contributed by atoms with Gasteiger partial charge in [0.15, 0.2) is 0 Å². The predicted octanol–water partition coefficient (Wildman–Crippen LogP) is 1.29. The highest BCUT2D eigenvalue weighted by atomic mass is 16.5. The molecule has 0 saturated heterocycles. The number of carbonyl (C=O) groups is 1. The van der Waals surface area contributed by atoms with Crippen molar-refractivity contribution in [3.05, 3.63) is 35.9 Å². The van der Waals surface area contributed by atoms with E-state index in [1.807, 2.05) is 30.3 Å². The van der Waals surface area contributed by atoms with Gasteiger partial charge in [-0.1, -0.05) is 30.3 Å². The third kappa shape index (κ3) is 5.80. The van der Waals surface area contributed by atoms with Gasteiger partial charge in [-0.15, -0.1) is 0 Å². The number of hydrogen-bond donors (Lipinski definition) is 2. The smallest absolute Gasteiger partial charge is 0.308 e. The zero-order valence-corrected chi connectivity index (χ0v) is 10.6. The maximum Gasteiger partial charge on any atom is 0.308 e. The number of ether oxygens (including phenoxy) is 1. The Morgan fingerprint density at radius 1 is 1.22 bits per heavy atom. The Balaban J connectivity index is 2.25. The second kappa shape index (κ2) is 7.84. The van der Waals surface area contributed by atoms with Gasteiger partial charge in [0, 0.05) is 0 Å². The van der Waals surface area contributed by atoms with Crippen LogP contribution in [0.1, 0.15) is 24.8 Å². The second-order valence-corrected chi connectivity index (χ2v) is 4.35. The van der Waals surface area contributed by atoms with Crippen molar-refractivity contribution in [1.82, 2.24) is 0 Å². The van der Waals surface area contributed by atoms with E-state index in [0.29, 0.717) is 6.42 Å². The lowest BCUT2D eigenvalue weighted by Crippen LogP contribution is -2.21. The fourth-order valence-electron chi connectivity index (χ4n) is 1.77. The van der Waals surface area contributed by atoms with Gasteiger partial charge in [-0.3, -0.25) is 4.79 Å². The van der Waals surface area contributed by atoms with E-state index in [2.05, 4.69) is 4.74 Å². The average Bonchev–Trinajstić information content (AvgIpc) is 2.37. The number of benzene rings is 1. The molecule has 0 amide bonds. The third-order valence-electron chi connectivity index (χ3n) is 2.78. The minimum atomic E-state index is -0.844. The summed E-state index contributed by atoms with van der Waals surface area (Å²) in [6.07, 6.45) is 0.00355. The normalized spacial score (nSPS) is 13.9. The molecular weight excluding hydrogens is 232 g/mol. The lowest BCUT2D eigenvalue weighted by atomic mass is 10.0. The van der Waals surface area contributed by atoms with E-state index in [4.69, 9.17) is 0 Å². The van der Waals surface area contributed by atoms with Crippen molar-refractivity contribution in [2.24, 2.45) is 0 Å². The molecular formula is C14H20O4. The molecule has 18 heavy (non-hydrogen) atoms. The number of hydrogen-bond acceptors (Lipinski definition) is 4. The molecule has 100 valence electrons. The van der Waals surface area contributed by atoms with Crippen LogP contribution in [0.15, 0.2) is 30.3 Å². The summed E-state index contributed by atoms with van der Waals surface area (Å²) >= 11 is 0. The van der Waals surface area contributed by atoms with Crippen molar-refractivity contribution < 1.29 is 19.7 Å². The molecule has 1 aromatic carbocycles. The van der Waals surface area contributed by atoms with E-state index in [0.717, 1.165) is 12.0 Å². The molecule has 0 fully saturated rings. The van der Waals surface area contributed by atoms with Crippen LogP contribution in [0.25, 0.3) is 0 Å². The molecule has 4 nitrogen and oxygen atoms in total. The molecule has 0 unspecified atom stereocenters. The lowest BCUT2D eigenvalue weighted by Gasteiger charge is -2.14. The van der Waals surface area contributed by atoms with Gasteiger partial charge in [-0.2, -0.15) is 0 Å². The summed E-state index contributed by atoms with van der Waals surface area (Å²) < 4.78 is 4.45. The highest BCUT2D eigenvalue weighted by molar-refractivity contribution is 5.69. The second-order valence-electron chi connectivity index (χ2n) is 4.35. The van der Waals surface area contributed by atoms with Gasteiger partial charge in [0.1, 0.15) is 0 Å². The van der Waals surface area contributed by atoms with Crippen molar-refractivity contribution in [3.8, 4) is 0 Å². The first-order valence-electron chi connectivity index (χ1n) is 6.08. The minimum Gasteiger partial charge on any atom is -0.469 e. The molecule has 0 aliphatic rings. The molecule has 2 atom stereocenters. The van der Waals surface area contributed by atoms with Gasteiger partial charge in [0.05, 0.1) is 25.7 Å². The van der Waals surface area contributed by atoms with Crippen molar-refractivity contribution in [2.45, 2.75) is 37.9 Å². The molecule has 1 aromatic rings. The summed E-state index contributed by atoms with van der Waals surface area (Å²) in [7, 11) is 1.28. The van der Waals surface area contributed by atoms with Crippen LogP contribution in [0, 0.1) is 0 Å². The zero-order chi connectivity index (χ0) is 13.4. The van der Waals surface area contributed by atoms with Crippen molar-refractivity contribution in [1.29, 1.82) is 0 Å². The lowest BCUT2D eigenvalue weighted by molar-refractivity contribution is -0.143. The molecule has 0 saturated carbocycles. The van der Waals surface area contributed by atoms with Gasteiger partial charge in [0.25, 0.3) is 0 Å². The van der Waals surface area contributed by atoms with Crippen molar-refractivity contribution in [2.75, 3.05) is 7.11 Å². The number of aliphatic hydroxyl groups is 2. The molecule has 4 heteroatoms. The van der Waals surface area contributed by atoms with Crippen LogP contribution in [0.5, 0.6) is 0 Å². The largest absolute Gasteiger partial charge is 0.469 e. The van der Waals surface area contributed by atoms with Crippen LogP contribution in [0.3, 0.4) is 0 Å². The summed E-state index contributed by atoms with van der Waals surface area (Å²) in [4.78, 5) is 10.9. The molecule has 1 rings (SSSR count). The molecule has 0 aliphatic heterocycles. The van der Waals surface area contributed by atoms with Crippen molar-refractivity contribution >= 4 is 5.97 Å². The minimum absolute atomic E-state index is 0.0705. The first-order chi connectivity index (χ1) is 8.61. The number of esters is 1. The van der Waals surface area contributed by atoms with Crippen LogP contribution >= 0.6 is 0 Å². The van der Waals surface area contributed by atoms with E-state index < -0.39 is 18.2 Å². The average molecular weight is 252 g/mol. The Hall–Kier alpha value is -1.39. The maximum atomic E-state index is 10.9. The molecule has 0 radical (unpaired) electrons. The van der Waals surface area contributed by atoms with Crippen LogP contribution in [0.4, 0.5) is 0 Å². The number of methoxy groups -OCH3 is 1. The van der Waals surface area contributed by atoms with Crippen LogP contribution < -0.4 is 0 Å². The first-order valence-corrected chi connectivity index (χ1v) is 6.08. The molecule has 0 heterocycles. The standard InChI is InChI=1S/C14H20O4/c1-18-14(17)10-13(16)9-12(15)8-7-11-5-3-2-4-6-11/h2-6,12-13,15-16H,7-10H2,1H3/t12-,13-/m1/s1. The number of aryl methyl sites for hydroxylation is 1. The van der Waals surface area contributed by atoms with Crippen LogP contribution in [0.2, 0.25) is 0 Å². The topological polar surface area (TPSA) is 66.8 Å². The molecule has 0 aliphatic carbocycles. The van der Waals surface area contributed by atoms with Gasteiger partial charge in [-0.05, 0) is 24.8 Å². The molecule has 0 aromatic heterocycles. The highest BCUT2D eigenvalue weighted by Crippen LogP contribution is 2.10. The summed E-state index contributed by atoms with van der Waals surface area (Å²) in [5, 5.41) is 19.3. The quantitative estimate of drug-likeness (QED) is 0.718. The zero-order valence-electron chi connectivity index (χ0n) is 10.6. The van der Waals surface area contributed by atoms with E-state index in [1.165, 1.54) is 7.11 Å². The fourth-order valence-corrected chi connectivity index (χ4v) is 1.77. The Morgan fingerprint density at radius 2 is 1.89 bits per heavy atom. The van der Waals surface area contributed by atoms with E-state index in [1.54, 1.807) is 0 Å². The SMILES string of the molecule is COC(=O)C[C@H](O)C[C@H](O)CCc1ccccc1. The van der Waals surface area contributed by atoms with E-state index in [9.17, 15) is 15.0 Å². The highest BCUT2D eigenvalue weighted by Gasteiger charge is 2.15. The van der Waals surface area contributed by atoms with Crippen LogP contribution in [-0.4, -0.2) is 35.5 Å². The number of aliphatic hydroxyl groups excluding tert-OH is 2. The number of rotatable bonds is 7. The Bertz CT molecular complexity index is 350. The Labute approximate surface area is 107 Å². The predicted molar refractivity (Wildman–Crippen MR) is 68.0 cm³/mol. The maximum absolute atomic E-state index is 10.9. The summed E-state index contributed by atoms with van der Waals surface area (Å²) in [5.41, 5.74) is 1.15. The van der Waals surface area contributed by atoms with Gasteiger partial charge < -0.3 is 14.9 Å². The summed E-state index contributed by atoms with van der Waals surface area (Å²) in [6, 6.07) is 9.84. The third-order valence-corrected chi connectivity index (χ3v) is 2.78. The molecule has 2 N–H and O–H groups in total. The number of carbonyl (C=O) groups excluding carboxylic acids is 1. The van der Waals surface area contributed by atoms with Gasteiger partial charge in [0.2, 0.25) is 0 Å². The molecule has 0 spiro atoms. The Kier molecular flexibility index (Phi) is 6.39. The van der Waals surface area contributed by atoms with Gasteiger partial charge >= 0.3 is 5.97 Å². The summed E-state index contributed by atoms with van der Waals surface area (Å²) in [5.74, 6) is -0.460. The monoisotopic (exact) mass is 252 g/mol.